The summed E-state index contributed by atoms with van der Waals surface area (Å²) in [6.45, 7) is 6.03. The Morgan fingerprint density at radius 2 is 2.09 bits per heavy atom. The molecule has 0 atom stereocenters. The number of allylic oxidation sites excluding steroid dienone is 1. The van der Waals surface area contributed by atoms with Gasteiger partial charge in [0.25, 0.3) is 0 Å². The molecule has 1 heterocycles. The summed E-state index contributed by atoms with van der Waals surface area (Å²) in [5, 5.41) is 19.6. The zero-order chi connectivity index (χ0) is 16.8. The van der Waals surface area contributed by atoms with Crippen LogP contribution in [0.25, 0.3) is 16.8 Å². The number of hydrogen-bond acceptors (Lipinski definition) is 5. The minimum atomic E-state index is -0.240. The Hall–Kier alpha value is -2.40. The van der Waals surface area contributed by atoms with Crippen LogP contribution < -0.4 is 5.73 Å². The molecule has 0 amide bonds. The van der Waals surface area contributed by atoms with Crippen LogP contribution in [0.4, 0.5) is 5.82 Å². The van der Waals surface area contributed by atoms with E-state index in [1.807, 2.05) is 13.0 Å². The summed E-state index contributed by atoms with van der Waals surface area (Å²) in [6, 6.07) is 3.55. The van der Waals surface area contributed by atoms with Crippen LogP contribution >= 0.6 is 0 Å². The predicted octanol–water partition coefficient (Wildman–Crippen LogP) is 2.66. The number of anilines is 1. The van der Waals surface area contributed by atoms with Crippen molar-refractivity contribution in [1.29, 1.82) is 0 Å². The molecular formula is C18H21N3O2. The lowest BCUT2D eigenvalue weighted by Gasteiger charge is -2.35. The van der Waals surface area contributed by atoms with E-state index in [1.54, 1.807) is 12.1 Å². The van der Waals surface area contributed by atoms with Crippen LogP contribution in [-0.4, -0.2) is 26.8 Å². The highest BCUT2D eigenvalue weighted by Crippen LogP contribution is 2.47. The molecule has 1 aliphatic rings. The molecule has 0 radical (unpaired) electrons. The normalized spacial score (nSPS) is 15.9. The largest absolute Gasteiger partial charge is 0.507 e. The number of aliphatic hydroxyl groups is 1. The van der Waals surface area contributed by atoms with Gasteiger partial charge in [-0.1, -0.05) is 19.9 Å². The molecule has 1 aromatic heterocycles. The van der Waals surface area contributed by atoms with Crippen molar-refractivity contribution < 1.29 is 10.2 Å². The van der Waals surface area contributed by atoms with E-state index in [1.165, 1.54) is 6.33 Å². The summed E-state index contributed by atoms with van der Waals surface area (Å²) in [5.74, 6) is 0.718. The second kappa shape index (κ2) is 5.35. The van der Waals surface area contributed by atoms with Crippen LogP contribution in [0.3, 0.4) is 0 Å². The maximum atomic E-state index is 10.4. The molecule has 0 bridgehead atoms. The van der Waals surface area contributed by atoms with Crippen molar-refractivity contribution in [3.8, 4) is 17.0 Å². The number of nitrogens with zero attached hydrogens (tertiary/aromatic N) is 2. The van der Waals surface area contributed by atoms with Gasteiger partial charge in [0.05, 0.1) is 12.3 Å². The summed E-state index contributed by atoms with van der Waals surface area (Å²) in [6.07, 6.45) is 3.89. The number of aromatic hydroxyl groups is 1. The van der Waals surface area contributed by atoms with E-state index < -0.39 is 0 Å². The summed E-state index contributed by atoms with van der Waals surface area (Å²) in [4.78, 5) is 8.59. The van der Waals surface area contributed by atoms with Gasteiger partial charge >= 0.3 is 0 Å². The molecule has 0 aliphatic heterocycles. The summed E-state index contributed by atoms with van der Waals surface area (Å²) in [5.41, 5.74) is 11.3. The number of aromatic nitrogens is 2. The molecule has 4 N–H and O–H groups in total. The molecule has 1 aromatic carbocycles. The lowest BCUT2D eigenvalue weighted by Crippen LogP contribution is -2.29. The first kappa shape index (κ1) is 15.5. The number of hydrogen-bond donors (Lipinski definition) is 3. The third-order valence-corrected chi connectivity index (χ3v) is 4.51. The van der Waals surface area contributed by atoms with Gasteiger partial charge in [-0.05, 0) is 42.0 Å². The van der Waals surface area contributed by atoms with Crippen molar-refractivity contribution in [2.24, 2.45) is 0 Å². The third kappa shape index (κ3) is 2.37. The highest BCUT2D eigenvalue weighted by molar-refractivity contribution is 5.83. The first-order valence-electron chi connectivity index (χ1n) is 7.61. The molecule has 5 heteroatoms. The van der Waals surface area contributed by atoms with E-state index >= 15 is 0 Å². The van der Waals surface area contributed by atoms with Crippen LogP contribution in [0.15, 0.2) is 24.5 Å². The summed E-state index contributed by atoms with van der Waals surface area (Å²) < 4.78 is 0. The van der Waals surface area contributed by atoms with Gasteiger partial charge in [0.15, 0.2) is 0 Å². The van der Waals surface area contributed by atoms with Crippen molar-refractivity contribution in [2.75, 3.05) is 12.3 Å². The quantitative estimate of drug-likeness (QED) is 0.793. The highest BCUT2D eigenvalue weighted by Gasteiger charge is 2.36. The molecule has 120 valence electrons. The first-order chi connectivity index (χ1) is 10.9. The zero-order valence-corrected chi connectivity index (χ0v) is 13.6. The average Bonchev–Trinajstić information content (AvgIpc) is 2.46. The Morgan fingerprint density at radius 3 is 2.78 bits per heavy atom. The average molecular weight is 311 g/mol. The number of nitrogens with two attached hydrogens (primary N) is 1. The van der Waals surface area contributed by atoms with Crippen LogP contribution in [0, 0.1) is 0 Å². The lowest BCUT2D eigenvalue weighted by atomic mass is 9.70. The molecule has 0 saturated heterocycles. The van der Waals surface area contributed by atoms with E-state index in [-0.39, 0.29) is 17.8 Å². The number of aliphatic hydroxyl groups excluding tert-OH is 1. The van der Waals surface area contributed by atoms with Gasteiger partial charge in [-0.15, -0.1) is 0 Å². The van der Waals surface area contributed by atoms with Crippen molar-refractivity contribution in [2.45, 2.75) is 32.6 Å². The fourth-order valence-electron chi connectivity index (χ4n) is 3.52. The molecule has 5 nitrogen and oxygen atoms in total. The molecule has 23 heavy (non-hydrogen) atoms. The SMILES string of the molecule is C/C(=C\CO)c1c(O)ccc2c1CC(C)(C)c1c(N)ncnc1-2. The van der Waals surface area contributed by atoms with Gasteiger partial charge in [0.1, 0.15) is 17.9 Å². The Bertz CT molecular complexity index is 810. The number of nitrogen functional groups attached to an aromatic ring is 1. The smallest absolute Gasteiger partial charge is 0.131 e. The number of phenolic OH excluding ortho intramolecular Hbond substituents is 1. The van der Waals surface area contributed by atoms with Gasteiger partial charge in [-0.25, -0.2) is 9.97 Å². The first-order valence-corrected chi connectivity index (χ1v) is 7.61. The van der Waals surface area contributed by atoms with Gasteiger partial charge < -0.3 is 15.9 Å². The Labute approximate surface area is 135 Å². The van der Waals surface area contributed by atoms with Gasteiger partial charge in [0.2, 0.25) is 0 Å². The maximum Gasteiger partial charge on any atom is 0.131 e. The Morgan fingerprint density at radius 1 is 1.35 bits per heavy atom. The number of phenols is 1. The molecular weight excluding hydrogens is 290 g/mol. The molecule has 0 saturated carbocycles. The lowest BCUT2D eigenvalue weighted by molar-refractivity contribution is 0.343. The standard InChI is InChI=1S/C18H21N3O2/c1-10(6-7-22)14-12-8-18(2,3)15-16(20-9-21-17(15)19)11(12)4-5-13(14)23/h4-6,9,22-23H,7-8H2,1-3H3,(H2,19,20,21)/b10-6+. The van der Waals surface area contributed by atoms with E-state index in [9.17, 15) is 10.2 Å². The van der Waals surface area contributed by atoms with Crippen LogP contribution in [-0.2, 0) is 11.8 Å². The minimum absolute atomic E-state index is 0.0654. The molecule has 0 unspecified atom stereocenters. The fraction of sp³-hybridized carbons (Fsp3) is 0.333. The van der Waals surface area contributed by atoms with Crippen molar-refractivity contribution in [3.63, 3.8) is 0 Å². The van der Waals surface area contributed by atoms with Gasteiger partial charge in [-0.3, -0.25) is 0 Å². The molecule has 0 fully saturated rings. The highest BCUT2D eigenvalue weighted by atomic mass is 16.3. The predicted molar refractivity (Wildman–Crippen MR) is 91.0 cm³/mol. The molecule has 3 rings (SSSR count). The topological polar surface area (TPSA) is 92.3 Å². The zero-order valence-electron chi connectivity index (χ0n) is 13.6. The number of fused-ring (bicyclic) bond motifs is 3. The number of rotatable bonds is 2. The van der Waals surface area contributed by atoms with E-state index in [4.69, 9.17) is 5.73 Å². The van der Waals surface area contributed by atoms with Crippen molar-refractivity contribution in [1.82, 2.24) is 9.97 Å². The minimum Gasteiger partial charge on any atom is -0.507 e. The second-order valence-corrected chi connectivity index (χ2v) is 6.60. The van der Waals surface area contributed by atoms with E-state index in [0.717, 1.165) is 33.5 Å². The van der Waals surface area contributed by atoms with E-state index in [0.29, 0.717) is 12.2 Å². The Balaban J connectivity index is 2.36. The molecule has 1 aliphatic carbocycles. The second-order valence-electron chi connectivity index (χ2n) is 6.60. The van der Waals surface area contributed by atoms with E-state index in [2.05, 4.69) is 23.8 Å². The van der Waals surface area contributed by atoms with Crippen LogP contribution in [0.2, 0.25) is 0 Å². The monoisotopic (exact) mass is 311 g/mol. The number of benzene rings is 1. The van der Waals surface area contributed by atoms with Crippen molar-refractivity contribution >= 4 is 11.4 Å². The third-order valence-electron chi connectivity index (χ3n) is 4.51. The maximum absolute atomic E-state index is 10.4. The van der Waals surface area contributed by atoms with Crippen LogP contribution in [0.5, 0.6) is 5.75 Å². The summed E-state index contributed by atoms with van der Waals surface area (Å²) >= 11 is 0. The van der Waals surface area contributed by atoms with Gasteiger partial charge in [-0.2, -0.15) is 0 Å². The van der Waals surface area contributed by atoms with Crippen LogP contribution in [0.1, 0.15) is 37.5 Å². The Kier molecular flexibility index (Phi) is 3.60. The fourth-order valence-corrected chi connectivity index (χ4v) is 3.52. The molecule has 0 spiro atoms. The summed E-state index contributed by atoms with van der Waals surface area (Å²) in [7, 11) is 0. The van der Waals surface area contributed by atoms with Crippen molar-refractivity contribution in [3.05, 3.63) is 41.2 Å². The molecule has 2 aromatic rings. The van der Waals surface area contributed by atoms with Gasteiger partial charge in [0, 0.05) is 16.7 Å².